The molecule has 1 aromatic rings. The van der Waals surface area contributed by atoms with Gasteiger partial charge in [0.2, 0.25) is 0 Å². The number of hydrogen-bond donors (Lipinski definition) is 1. The first-order valence-corrected chi connectivity index (χ1v) is 8.25. The second-order valence-corrected chi connectivity index (χ2v) is 7.22. The fourth-order valence-electron chi connectivity index (χ4n) is 1.79. The third-order valence-electron chi connectivity index (χ3n) is 3.01. The fraction of sp³-hybridized carbons (Fsp3) is 0.538. The van der Waals surface area contributed by atoms with Gasteiger partial charge < -0.3 is 5.11 Å². The fourth-order valence-corrected chi connectivity index (χ4v) is 2.81. The highest BCUT2D eigenvalue weighted by Crippen LogP contribution is 2.22. The molecule has 0 saturated carbocycles. The van der Waals surface area contributed by atoms with Crippen molar-refractivity contribution in [2.45, 2.75) is 25.7 Å². The van der Waals surface area contributed by atoms with E-state index >= 15 is 0 Å². The molecule has 0 radical (unpaired) electrons. The molecule has 0 aliphatic rings. The summed E-state index contributed by atoms with van der Waals surface area (Å²) in [6.45, 7) is 1.67. The van der Waals surface area contributed by atoms with E-state index in [1.54, 1.807) is 19.1 Å². The molecule has 0 fully saturated rings. The van der Waals surface area contributed by atoms with Gasteiger partial charge in [0.15, 0.2) is 0 Å². The van der Waals surface area contributed by atoms with E-state index in [0.717, 1.165) is 5.56 Å². The van der Waals surface area contributed by atoms with Crippen molar-refractivity contribution in [2.75, 3.05) is 18.1 Å². The molecule has 5 heteroatoms. The molecule has 1 aromatic carbocycles. The van der Waals surface area contributed by atoms with Crippen molar-refractivity contribution in [3.8, 4) is 0 Å². The number of sulfone groups is 1. The first-order chi connectivity index (χ1) is 8.48. The molecule has 0 amide bonds. The zero-order chi connectivity index (χ0) is 13.6. The van der Waals surface area contributed by atoms with Crippen LogP contribution < -0.4 is 0 Å². The van der Waals surface area contributed by atoms with Crippen LogP contribution in [0.25, 0.3) is 0 Å². The van der Waals surface area contributed by atoms with Crippen LogP contribution in [0.1, 0.15) is 31.2 Å². The maximum atomic E-state index is 11.4. The van der Waals surface area contributed by atoms with Crippen LogP contribution in [0.15, 0.2) is 24.3 Å². The number of rotatable bonds is 7. The smallest absolute Gasteiger partial charge is 0.150 e. The van der Waals surface area contributed by atoms with E-state index < -0.39 is 9.84 Å². The Kier molecular flexibility index (Phi) is 6.12. The van der Waals surface area contributed by atoms with E-state index in [2.05, 4.69) is 0 Å². The topological polar surface area (TPSA) is 54.4 Å². The van der Waals surface area contributed by atoms with E-state index in [4.69, 9.17) is 11.6 Å². The molecule has 1 unspecified atom stereocenters. The minimum absolute atomic E-state index is 0.0191. The Morgan fingerprint density at radius 1 is 1.28 bits per heavy atom. The summed E-state index contributed by atoms with van der Waals surface area (Å²) in [5.41, 5.74) is 0.996. The minimum Gasteiger partial charge on any atom is -0.396 e. The van der Waals surface area contributed by atoms with Crippen LogP contribution in [0.2, 0.25) is 5.02 Å². The second-order valence-electron chi connectivity index (χ2n) is 4.31. The molecule has 0 aliphatic heterocycles. The molecule has 0 aliphatic carbocycles. The first kappa shape index (κ1) is 15.5. The molecule has 0 bridgehead atoms. The summed E-state index contributed by atoms with van der Waals surface area (Å²) in [6.07, 6.45) is 1.24. The van der Waals surface area contributed by atoms with Gasteiger partial charge in [0, 0.05) is 23.3 Å². The summed E-state index contributed by atoms with van der Waals surface area (Å²) < 4.78 is 22.7. The zero-order valence-corrected chi connectivity index (χ0v) is 12.0. The van der Waals surface area contributed by atoms with Crippen LogP contribution in [0.3, 0.4) is 0 Å². The first-order valence-electron chi connectivity index (χ1n) is 6.05. The van der Waals surface area contributed by atoms with Crippen molar-refractivity contribution in [2.24, 2.45) is 0 Å². The predicted octanol–water partition coefficient (Wildman–Crippen LogP) is 2.63. The molecule has 0 spiro atoms. The second kappa shape index (κ2) is 7.12. The number of hydrogen-bond acceptors (Lipinski definition) is 3. The molecule has 0 saturated heterocycles. The van der Waals surface area contributed by atoms with Crippen LogP contribution in [0.4, 0.5) is 0 Å². The van der Waals surface area contributed by atoms with E-state index in [1.807, 2.05) is 12.1 Å². The summed E-state index contributed by atoms with van der Waals surface area (Å²) in [5.74, 6) is 0.347. The molecule has 0 aromatic heterocycles. The summed E-state index contributed by atoms with van der Waals surface area (Å²) in [6, 6.07) is 7.31. The van der Waals surface area contributed by atoms with Gasteiger partial charge in [0.1, 0.15) is 9.84 Å². The largest absolute Gasteiger partial charge is 0.396 e. The van der Waals surface area contributed by atoms with Gasteiger partial charge in [0.25, 0.3) is 0 Å². The molecule has 1 atom stereocenters. The minimum atomic E-state index is -2.92. The van der Waals surface area contributed by atoms with Crippen LogP contribution in [-0.2, 0) is 9.84 Å². The molecule has 102 valence electrons. The summed E-state index contributed by atoms with van der Waals surface area (Å²) in [4.78, 5) is 0. The van der Waals surface area contributed by atoms with E-state index in [-0.39, 0.29) is 24.0 Å². The van der Waals surface area contributed by atoms with Gasteiger partial charge in [-0.25, -0.2) is 8.42 Å². The molecular weight excluding hydrogens is 272 g/mol. The maximum Gasteiger partial charge on any atom is 0.150 e. The number of halogens is 1. The van der Waals surface area contributed by atoms with Gasteiger partial charge in [-0.05, 0) is 30.5 Å². The van der Waals surface area contributed by atoms with Crippen molar-refractivity contribution in [1.29, 1.82) is 0 Å². The molecule has 1 N–H and O–H groups in total. The summed E-state index contributed by atoms with van der Waals surface area (Å²) >= 11 is 5.80. The van der Waals surface area contributed by atoms with Crippen LogP contribution in [0, 0.1) is 0 Å². The zero-order valence-electron chi connectivity index (χ0n) is 10.5. The number of aliphatic hydroxyl groups excluding tert-OH is 1. The molecule has 3 nitrogen and oxygen atoms in total. The van der Waals surface area contributed by atoms with Crippen molar-refractivity contribution in [1.82, 2.24) is 0 Å². The lowest BCUT2D eigenvalue weighted by Gasteiger charge is -2.14. The lowest BCUT2D eigenvalue weighted by molar-refractivity contribution is 0.258. The maximum absolute atomic E-state index is 11.4. The Balaban J connectivity index is 2.55. The van der Waals surface area contributed by atoms with Gasteiger partial charge in [-0.1, -0.05) is 30.7 Å². The van der Waals surface area contributed by atoms with Gasteiger partial charge in [-0.3, -0.25) is 0 Å². The highest BCUT2D eigenvalue weighted by atomic mass is 35.5. The van der Waals surface area contributed by atoms with Crippen molar-refractivity contribution < 1.29 is 13.5 Å². The van der Waals surface area contributed by atoms with Crippen molar-refractivity contribution in [3.63, 3.8) is 0 Å². The third kappa shape index (κ3) is 4.96. The summed E-state index contributed by atoms with van der Waals surface area (Å²) in [5, 5.41) is 10.0. The Labute approximate surface area is 114 Å². The Hall–Kier alpha value is -0.580. The monoisotopic (exact) mass is 290 g/mol. The molecular formula is C13H19ClO3S. The Bertz CT molecular complexity index is 454. The lowest BCUT2D eigenvalue weighted by atomic mass is 9.95. The Morgan fingerprint density at radius 2 is 1.89 bits per heavy atom. The average Bonchev–Trinajstić information content (AvgIpc) is 2.36. The van der Waals surface area contributed by atoms with Gasteiger partial charge in [-0.15, -0.1) is 0 Å². The van der Waals surface area contributed by atoms with E-state index in [1.165, 1.54) is 0 Å². The molecule has 18 heavy (non-hydrogen) atoms. The Morgan fingerprint density at radius 3 is 2.39 bits per heavy atom. The number of benzene rings is 1. The lowest BCUT2D eigenvalue weighted by Crippen LogP contribution is -2.11. The highest BCUT2D eigenvalue weighted by Gasteiger charge is 2.13. The summed E-state index contributed by atoms with van der Waals surface area (Å²) in [7, 11) is -2.92. The quantitative estimate of drug-likeness (QED) is 0.840. The molecule has 1 rings (SSSR count). The average molecular weight is 291 g/mol. The van der Waals surface area contributed by atoms with Crippen LogP contribution in [0.5, 0.6) is 0 Å². The van der Waals surface area contributed by atoms with E-state index in [0.29, 0.717) is 17.9 Å². The SMILES string of the molecule is CCS(=O)(=O)CCCC(CO)c1ccc(Cl)cc1. The van der Waals surface area contributed by atoms with Gasteiger partial charge in [0.05, 0.1) is 5.75 Å². The van der Waals surface area contributed by atoms with Crippen LogP contribution in [-0.4, -0.2) is 31.6 Å². The van der Waals surface area contributed by atoms with Crippen molar-refractivity contribution in [3.05, 3.63) is 34.9 Å². The standard InChI is InChI=1S/C13H19ClO3S/c1-2-18(16,17)9-3-4-12(10-15)11-5-7-13(14)8-6-11/h5-8,12,15H,2-4,9-10H2,1H3. The van der Waals surface area contributed by atoms with E-state index in [9.17, 15) is 13.5 Å². The highest BCUT2D eigenvalue weighted by molar-refractivity contribution is 7.91. The van der Waals surface area contributed by atoms with Gasteiger partial charge >= 0.3 is 0 Å². The molecule has 0 heterocycles. The predicted molar refractivity (Wildman–Crippen MR) is 74.8 cm³/mol. The normalized spacial score (nSPS) is 13.5. The van der Waals surface area contributed by atoms with Crippen LogP contribution >= 0.6 is 11.6 Å². The van der Waals surface area contributed by atoms with Gasteiger partial charge in [-0.2, -0.15) is 0 Å². The van der Waals surface area contributed by atoms with Crippen molar-refractivity contribution >= 4 is 21.4 Å². The third-order valence-corrected chi connectivity index (χ3v) is 5.05. The number of aliphatic hydroxyl groups is 1.